The maximum atomic E-state index is 14.0. The molecule has 220 valence electrons. The Balaban J connectivity index is 1.66. The van der Waals surface area contributed by atoms with Crippen LogP contribution in [0.5, 0.6) is 0 Å². The first-order chi connectivity index (χ1) is 19.8. The molecule has 4 aromatic rings. The number of sulfonamides is 1. The fourth-order valence-corrected chi connectivity index (χ4v) is 5.60. The Bertz CT molecular complexity index is 1730. The average Bonchev–Trinajstić information content (AvgIpc) is 3.31. The third-order valence-corrected chi connectivity index (χ3v) is 7.79. The predicted octanol–water partition coefficient (Wildman–Crippen LogP) is 5.92. The van der Waals surface area contributed by atoms with Crippen molar-refractivity contribution in [1.82, 2.24) is 14.3 Å². The van der Waals surface area contributed by atoms with Gasteiger partial charge in [0.1, 0.15) is 11.6 Å². The number of unbranched alkanes of at least 4 members (excludes halogenated alkanes) is 1. The van der Waals surface area contributed by atoms with Gasteiger partial charge >= 0.3 is 12.1 Å². The fourth-order valence-electron chi connectivity index (χ4n) is 4.40. The summed E-state index contributed by atoms with van der Waals surface area (Å²) in [5.41, 5.74) is -1.83. The Morgan fingerprint density at radius 3 is 2.24 bits per heavy atom. The normalized spacial score (nSPS) is 11.8. The molecule has 0 saturated heterocycles. The molecular weight excluding hydrogens is 578 g/mol. The van der Waals surface area contributed by atoms with Crippen LogP contribution in [0.1, 0.15) is 57.7 Å². The van der Waals surface area contributed by atoms with Crippen LogP contribution in [-0.4, -0.2) is 35.0 Å². The van der Waals surface area contributed by atoms with Gasteiger partial charge in [0.25, 0.3) is 15.9 Å². The molecule has 0 bridgehead atoms. The number of aryl methyl sites for hydroxylation is 1. The molecule has 0 aliphatic carbocycles. The highest BCUT2D eigenvalue weighted by molar-refractivity contribution is 7.90. The monoisotopic (exact) mass is 603 g/mol. The van der Waals surface area contributed by atoms with Crippen LogP contribution in [0.4, 0.5) is 17.6 Å². The maximum Gasteiger partial charge on any atom is 0.435 e. The van der Waals surface area contributed by atoms with E-state index in [1.165, 1.54) is 54.6 Å². The van der Waals surface area contributed by atoms with Crippen molar-refractivity contribution in [1.29, 1.82) is 0 Å². The number of aromatic carboxylic acids is 1. The lowest BCUT2D eigenvalue weighted by Gasteiger charge is -2.14. The quantitative estimate of drug-likeness (QED) is 0.218. The van der Waals surface area contributed by atoms with Crippen molar-refractivity contribution < 1.29 is 40.7 Å². The summed E-state index contributed by atoms with van der Waals surface area (Å²) in [6.07, 6.45) is -3.64. The van der Waals surface area contributed by atoms with Gasteiger partial charge in [-0.15, -0.1) is 0 Å². The van der Waals surface area contributed by atoms with Crippen LogP contribution in [0.25, 0.3) is 11.1 Å². The van der Waals surface area contributed by atoms with E-state index in [9.17, 15) is 40.7 Å². The van der Waals surface area contributed by atoms with Crippen LogP contribution in [0.15, 0.2) is 77.7 Å². The summed E-state index contributed by atoms with van der Waals surface area (Å²) in [6.45, 7) is 1.63. The number of benzene rings is 3. The van der Waals surface area contributed by atoms with Crippen molar-refractivity contribution >= 4 is 21.9 Å². The first-order valence-corrected chi connectivity index (χ1v) is 14.2. The van der Waals surface area contributed by atoms with Crippen molar-refractivity contribution in [2.75, 3.05) is 0 Å². The highest BCUT2D eigenvalue weighted by Crippen LogP contribution is 2.33. The molecule has 0 aliphatic rings. The lowest BCUT2D eigenvalue weighted by Crippen LogP contribution is -2.31. The topological polar surface area (TPSA) is 118 Å². The first kappa shape index (κ1) is 30.4. The Kier molecular flexibility index (Phi) is 8.81. The summed E-state index contributed by atoms with van der Waals surface area (Å²) in [4.78, 5) is 27.7. The van der Waals surface area contributed by atoms with Gasteiger partial charge in [-0.3, -0.25) is 4.79 Å². The van der Waals surface area contributed by atoms with Crippen LogP contribution < -0.4 is 4.72 Å². The number of carboxylic acid groups (broad SMARTS) is 1. The van der Waals surface area contributed by atoms with Gasteiger partial charge in [-0.1, -0.05) is 67.9 Å². The Labute approximate surface area is 238 Å². The van der Waals surface area contributed by atoms with Gasteiger partial charge in [-0.05, 0) is 35.7 Å². The minimum Gasteiger partial charge on any atom is -0.477 e. The van der Waals surface area contributed by atoms with Crippen molar-refractivity contribution in [2.45, 2.75) is 43.8 Å². The summed E-state index contributed by atoms with van der Waals surface area (Å²) in [7, 11) is -4.45. The van der Waals surface area contributed by atoms with E-state index in [0.717, 1.165) is 16.7 Å². The smallest absolute Gasteiger partial charge is 0.435 e. The second-order valence-corrected chi connectivity index (χ2v) is 11.0. The zero-order valence-corrected chi connectivity index (χ0v) is 23.0. The van der Waals surface area contributed by atoms with Crippen LogP contribution >= 0.6 is 0 Å². The van der Waals surface area contributed by atoms with Crippen molar-refractivity contribution in [3.05, 3.63) is 107 Å². The number of carboxylic acids is 1. The molecule has 0 aliphatic heterocycles. The number of aromatic nitrogens is 2. The number of amides is 1. The summed E-state index contributed by atoms with van der Waals surface area (Å²) in [6, 6.07) is 16.8. The number of halogens is 4. The number of imidazole rings is 1. The van der Waals surface area contributed by atoms with Gasteiger partial charge in [0, 0.05) is 18.5 Å². The maximum absolute atomic E-state index is 14.0. The van der Waals surface area contributed by atoms with Gasteiger partial charge in [-0.25, -0.2) is 27.3 Å². The van der Waals surface area contributed by atoms with Gasteiger partial charge in [-0.2, -0.15) is 13.2 Å². The summed E-state index contributed by atoms with van der Waals surface area (Å²) >= 11 is 0. The minimum absolute atomic E-state index is 0.00677. The number of rotatable bonds is 10. The van der Waals surface area contributed by atoms with Gasteiger partial charge in [0.2, 0.25) is 0 Å². The van der Waals surface area contributed by atoms with E-state index in [2.05, 4.69) is 4.98 Å². The molecule has 0 radical (unpaired) electrons. The molecule has 1 heterocycles. The molecule has 4 rings (SSSR count). The molecule has 0 unspecified atom stereocenters. The zero-order chi connectivity index (χ0) is 30.7. The third kappa shape index (κ3) is 6.51. The molecule has 0 spiro atoms. The molecule has 2 N–H and O–H groups in total. The number of nitrogens with one attached hydrogen (secondary N) is 1. The van der Waals surface area contributed by atoms with E-state index in [0.29, 0.717) is 24.0 Å². The molecule has 3 aromatic carbocycles. The van der Waals surface area contributed by atoms with Crippen LogP contribution in [0, 0.1) is 5.82 Å². The SMILES string of the molecule is CCCCc1nc(C(F)(F)F)c(C(=O)O)n1Cc1ccc(-c2ccccc2S(=O)(=O)NC(=O)c2ccccc2F)cc1. The number of carbonyl (C=O) groups is 2. The molecular formula is C29H25F4N3O5S. The molecule has 0 atom stereocenters. The molecule has 8 nitrogen and oxygen atoms in total. The molecule has 0 saturated carbocycles. The standard InChI is InChI=1S/C29H25F4N3O5S/c1-2-3-12-24-34-26(29(31,32)33)25(28(38)39)36(24)17-18-13-15-19(16-14-18)20-8-5-7-11-23(20)42(40,41)35-27(37)21-9-4-6-10-22(21)30/h4-11,13-16H,2-3,12,17H2,1H3,(H,35,37)(H,38,39). The molecule has 1 aromatic heterocycles. The fraction of sp³-hybridized carbons (Fsp3) is 0.207. The molecule has 1 amide bonds. The van der Waals surface area contributed by atoms with Crippen LogP contribution in [0.3, 0.4) is 0 Å². The highest BCUT2D eigenvalue weighted by Gasteiger charge is 2.41. The molecule has 0 fully saturated rings. The number of carbonyl (C=O) groups excluding carboxylic acids is 1. The van der Waals surface area contributed by atoms with Crippen molar-refractivity contribution in [3.8, 4) is 11.1 Å². The van der Waals surface area contributed by atoms with Gasteiger partial charge in [0.05, 0.1) is 10.5 Å². The zero-order valence-electron chi connectivity index (χ0n) is 22.2. The Morgan fingerprint density at radius 1 is 0.976 bits per heavy atom. The second-order valence-electron chi connectivity index (χ2n) is 9.33. The van der Waals surface area contributed by atoms with E-state index in [4.69, 9.17) is 0 Å². The Morgan fingerprint density at radius 2 is 1.62 bits per heavy atom. The first-order valence-electron chi connectivity index (χ1n) is 12.7. The van der Waals surface area contributed by atoms with E-state index in [1.54, 1.807) is 6.07 Å². The lowest BCUT2D eigenvalue weighted by molar-refractivity contribution is -0.141. The lowest BCUT2D eigenvalue weighted by atomic mass is 10.0. The van der Waals surface area contributed by atoms with E-state index < -0.39 is 50.8 Å². The predicted molar refractivity (Wildman–Crippen MR) is 145 cm³/mol. The average molecular weight is 604 g/mol. The number of hydrogen-bond acceptors (Lipinski definition) is 5. The summed E-state index contributed by atoms with van der Waals surface area (Å²) < 4.78 is 84.0. The third-order valence-electron chi connectivity index (χ3n) is 6.40. The number of hydrogen-bond donors (Lipinski definition) is 2. The van der Waals surface area contributed by atoms with E-state index >= 15 is 0 Å². The van der Waals surface area contributed by atoms with E-state index in [-0.39, 0.29) is 29.2 Å². The minimum atomic E-state index is -4.96. The van der Waals surface area contributed by atoms with Crippen LogP contribution in [-0.2, 0) is 29.2 Å². The molecule has 13 heteroatoms. The number of alkyl halides is 3. The Hall–Kier alpha value is -4.52. The largest absolute Gasteiger partial charge is 0.477 e. The summed E-state index contributed by atoms with van der Waals surface area (Å²) in [5.74, 6) is -3.80. The van der Waals surface area contributed by atoms with E-state index in [1.807, 2.05) is 11.6 Å². The molecule has 42 heavy (non-hydrogen) atoms. The number of nitrogens with zero attached hydrogens (tertiary/aromatic N) is 2. The summed E-state index contributed by atoms with van der Waals surface area (Å²) in [5, 5.41) is 9.61. The van der Waals surface area contributed by atoms with Crippen LogP contribution in [0.2, 0.25) is 0 Å². The van der Waals surface area contributed by atoms with Gasteiger partial charge < -0.3 is 9.67 Å². The second kappa shape index (κ2) is 12.1. The van der Waals surface area contributed by atoms with Crippen molar-refractivity contribution in [2.24, 2.45) is 0 Å². The highest BCUT2D eigenvalue weighted by atomic mass is 32.2. The van der Waals surface area contributed by atoms with Gasteiger partial charge in [0.15, 0.2) is 11.4 Å². The van der Waals surface area contributed by atoms with Crippen molar-refractivity contribution in [3.63, 3.8) is 0 Å².